The van der Waals surface area contributed by atoms with Gasteiger partial charge in [0.05, 0.1) is 11.5 Å². The standard InChI is InChI=1S/C27H27F2N5O4/c1-15(2)10-22(33(3)25(37)23(35)31-16-8-9-19(28)20(29)11-16)24(36)34-14-27(12-17(34)13-30)18-6-4-5-7-21(18)32-26(27)38/h4-9,11,15,17,22H,10,12,14H2,1-3H3,(H,31,35)(H,32,38)/t17-,22-,27-/m0/s1. The molecule has 2 aromatic carbocycles. The first-order valence-electron chi connectivity index (χ1n) is 12.1. The second kappa shape index (κ2) is 10.2. The number of likely N-dealkylation sites (tertiary alicyclic amines) is 1. The molecule has 4 amide bonds. The van der Waals surface area contributed by atoms with E-state index in [-0.39, 0.29) is 36.9 Å². The summed E-state index contributed by atoms with van der Waals surface area (Å²) < 4.78 is 26.7. The molecule has 2 aliphatic rings. The minimum absolute atomic E-state index is 0.0510. The van der Waals surface area contributed by atoms with E-state index in [4.69, 9.17) is 0 Å². The quantitative estimate of drug-likeness (QED) is 0.584. The molecule has 9 nitrogen and oxygen atoms in total. The summed E-state index contributed by atoms with van der Waals surface area (Å²) in [5.41, 5.74) is 0.112. The van der Waals surface area contributed by atoms with Crippen molar-refractivity contribution in [2.24, 2.45) is 5.92 Å². The monoisotopic (exact) mass is 523 g/mol. The zero-order valence-electron chi connectivity index (χ0n) is 21.1. The Labute approximate surface area is 218 Å². The first kappa shape index (κ1) is 26.7. The van der Waals surface area contributed by atoms with Gasteiger partial charge >= 0.3 is 11.8 Å². The molecular weight excluding hydrogens is 496 g/mol. The number of fused-ring (bicyclic) bond motifs is 2. The fraction of sp³-hybridized carbons (Fsp3) is 0.370. The zero-order chi connectivity index (χ0) is 27.8. The van der Waals surface area contributed by atoms with Crippen LogP contribution < -0.4 is 10.6 Å². The number of benzene rings is 2. The Bertz CT molecular complexity index is 1360. The van der Waals surface area contributed by atoms with Gasteiger partial charge in [0.1, 0.15) is 12.1 Å². The molecule has 0 bridgehead atoms. The SMILES string of the molecule is CC(C)C[C@@H](C(=O)N1C[C@]2(C[C@H]1C#N)C(=O)Nc1ccccc12)N(C)C(=O)C(=O)Nc1ccc(F)c(F)c1. The van der Waals surface area contributed by atoms with E-state index in [0.29, 0.717) is 11.3 Å². The van der Waals surface area contributed by atoms with Crippen molar-refractivity contribution in [2.45, 2.75) is 44.2 Å². The highest BCUT2D eigenvalue weighted by molar-refractivity contribution is 6.39. The number of carbonyl (C=O) groups excluding carboxylic acids is 4. The molecule has 4 rings (SSSR count). The van der Waals surface area contributed by atoms with Crippen LogP contribution in [-0.4, -0.2) is 59.1 Å². The number of nitriles is 1. The number of hydrogen-bond donors (Lipinski definition) is 2. The van der Waals surface area contributed by atoms with Gasteiger partial charge in [0.25, 0.3) is 0 Å². The summed E-state index contributed by atoms with van der Waals surface area (Å²) >= 11 is 0. The van der Waals surface area contributed by atoms with Gasteiger partial charge in [-0.25, -0.2) is 8.78 Å². The van der Waals surface area contributed by atoms with Crippen molar-refractivity contribution in [3.05, 3.63) is 59.7 Å². The molecule has 0 saturated carbocycles. The van der Waals surface area contributed by atoms with Crippen LogP contribution >= 0.6 is 0 Å². The van der Waals surface area contributed by atoms with E-state index in [1.807, 2.05) is 13.8 Å². The third-order valence-electron chi connectivity index (χ3n) is 7.06. The Hall–Kier alpha value is -4.33. The molecule has 11 heteroatoms. The van der Waals surface area contributed by atoms with Gasteiger partial charge in [-0.1, -0.05) is 32.0 Å². The van der Waals surface area contributed by atoms with E-state index < -0.39 is 46.9 Å². The predicted molar refractivity (Wildman–Crippen MR) is 133 cm³/mol. The van der Waals surface area contributed by atoms with Crippen molar-refractivity contribution in [1.82, 2.24) is 9.80 Å². The van der Waals surface area contributed by atoms with Crippen LogP contribution in [-0.2, 0) is 24.6 Å². The van der Waals surface area contributed by atoms with E-state index in [2.05, 4.69) is 16.7 Å². The van der Waals surface area contributed by atoms with Crippen molar-refractivity contribution in [3.63, 3.8) is 0 Å². The van der Waals surface area contributed by atoms with Crippen LogP contribution in [0.2, 0.25) is 0 Å². The van der Waals surface area contributed by atoms with Crippen molar-refractivity contribution in [2.75, 3.05) is 24.2 Å². The fourth-order valence-corrected chi connectivity index (χ4v) is 5.11. The third-order valence-corrected chi connectivity index (χ3v) is 7.06. The van der Waals surface area contributed by atoms with Gasteiger partial charge in [0.2, 0.25) is 11.8 Å². The van der Waals surface area contributed by atoms with Gasteiger partial charge < -0.3 is 20.4 Å². The lowest BCUT2D eigenvalue weighted by Crippen LogP contribution is -2.53. The maximum Gasteiger partial charge on any atom is 0.313 e. The maximum atomic E-state index is 13.8. The minimum Gasteiger partial charge on any atom is -0.325 e. The van der Waals surface area contributed by atoms with Crippen molar-refractivity contribution in [3.8, 4) is 6.07 Å². The van der Waals surface area contributed by atoms with Gasteiger partial charge in [0, 0.05) is 37.5 Å². The molecule has 198 valence electrons. The molecule has 0 unspecified atom stereocenters. The van der Waals surface area contributed by atoms with E-state index in [1.54, 1.807) is 24.3 Å². The number of halogens is 2. The Balaban J connectivity index is 1.58. The second-order valence-corrected chi connectivity index (χ2v) is 10.0. The molecule has 2 aliphatic heterocycles. The molecule has 0 radical (unpaired) electrons. The third kappa shape index (κ3) is 4.69. The number of hydrogen-bond acceptors (Lipinski definition) is 5. The number of para-hydroxylation sites is 1. The molecule has 0 aromatic heterocycles. The summed E-state index contributed by atoms with van der Waals surface area (Å²) in [6.45, 7) is 3.63. The van der Waals surface area contributed by atoms with Gasteiger partial charge in [0.15, 0.2) is 11.6 Å². The number of likely N-dealkylation sites (N-methyl/N-ethyl adjacent to an activating group) is 1. The summed E-state index contributed by atoms with van der Waals surface area (Å²) in [5.74, 6) is -5.44. The summed E-state index contributed by atoms with van der Waals surface area (Å²) in [6.07, 6.45) is 0.282. The number of nitrogens with zero attached hydrogens (tertiary/aromatic N) is 3. The number of anilines is 2. The van der Waals surface area contributed by atoms with Gasteiger partial charge in [-0.15, -0.1) is 0 Å². The molecule has 1 saturated heterocycles. The first-order chi connectivity index (χ1) is 18.0. The molecule has 2 aromatic rings. The van der Waals surface area contributed by atoms with Crippen molar-refractivity contribution >= 4 is 35.0 Å². The highest BCUT2D eigenvalue weighted by Gasteiger charge is 2.56. The summed E-state index contributed by atoms with van der Waals surface area (Å²) in [6, 6.07) is 9.85. The molecule has 38 heavy (non-hydrogen) atoms. The van der Waals surface area contributed by atoms with E-state index in [9.17, 15) is 33.2 Å². The van der Waals surface area contributed by atoms with Crippen molar-refractivity contribution in [1.29, 1.82) is 5.26 Å². The molecule has 1 spiro atoms. The Morgan fingerprint density at radius 3 is 2.58 bits per heavy atom. The number of carbonyl (C=O) groups is 4. The largest absolute Gasteiger partial charge is 0.325 e. The molecule has 1 fully saturated rings. The van der Waals surface area contributed by atoms with Crippen LogP contribution in [0.5, 0.6) is 0 Å². The van der Waals surface area contributed by atoms with Gasteiger partial charge in [-0.3, -0.25) is 19.2 Å². The lowest BCUT2D eigenvalue weighted by Gasteiger charge is -2.33. The summed E-state index contributed by atoms with van der Waals surface area (Å²) in [4.78, 5) is 54.8. The fourth-order valence-electron chi connectivity index (χ4n) is 5.11. The van der Waals surface area contributed by atoms with Crippen molar-refractivity contribution < 1.29 is 28.0 Å². The number of amides is 4. The maximum absolute atomic E-state index is 13.8. The van der Waals surface area contributed by atoms with Crippen LogP contribution in [0.3, 0.4) is 0 Å². The topological polar surface area (TPSA) is 123 Å². The highest BCUT2D eigenvalue weighted by atomic mass is 19.2. The number of nitrogens with one attached hydrogen (secondary N) is 2. The normalized spacial score (nSPS) is 20.6. The van der Waals surface area contributed by atoms with Crippen LogP contribution in [0.1, 0.15) is 32.3 Å². The molecule has 3 atom stereocenters. The average Bonchev–Trinajstić information content (AvgIpc) is 3.41. The van der Waals surface area contributed by atoms with Gasteiger partial charge in [-0.2, -0.15) is 5.26 Å². The average molecular weight is 524 g/mol. The van der Waals surface area contributed by atoms with Gasteiger partial charge in [-0.05, 0) is 36.1 Å². The van der Waals surface area contributed by atoms with E-state index in [0.717, 1.165) is 23.1 Å². The van der Waals surface area contributed by atoms with Crippen LogP contribution in [0, 0.1) is 28.9 Å². The zero-order valence-corrected chi connectivity index (χ0v) is 21.1. The second-order valence-electron chi connectivity index (χ2n) is 10.0. The number of rotatable bonds is 5. The molecule has 0 aliphatic carbocycles. The van der Waals surface area contributed by atoms with E-state index in [1.165, 1.54) is 11.9 Å². The van der Waals surface area contributed by atoms with Crippen LogP contribution in [0.4, 0.5) is 20.2 Å². The predicted octanol–water partition coefficient (Wildman–Crippen LogP) is 2.79. The summed E-state index contributed by atoms with van der Waals surface area (Å²) in [7, 11) is 1.29. The Morgan fingerprint density at radius 2 is 1.92 bits per heavy atom. The molecule has 2 N–H and O–H groups in total. The van der Waals surface area contributed by atoms with Crippen LogP contribution in [0.25, 0.3) is 0 Å². The molecular formula is C27H27F2N5O4. The first-order valence-corrected chi connectivity index (χ1v) is 12.1. The lowest BCUT2D eigenvalue weighted by atomic mass is 9.80. The Morgan fingerprint density at radius 1 is 1.21 bits per heavy atom. The highest BCUT2D eigenvalue weighted by Crippen LogP contribution is 2.46. The lowest BCUT2D eigenvalue weighted by molar-refractivity contribution is -0.149. The van der Waals surface area contributed by atoms with Crippen LogP contribution in [0.15, 0.2) is 42.5 Å². The molecule has 2 heterocycles. The smallest absolute Gasteiger partial charge is 0.313 e. The minimum atomic E-state index is -1.19. The van der Waals surface area contributed by atoms with E-state index >= 15 is 0 Å². The Kier molecular flexibility index (Phi) is 7.18. The summed E-state index contributed by atoms with van der Waals surface area (Å²) in [5, 5.41) is 14.9.